The summed E-state index contributed by atoms with van der Waals surface area (Å²) in [4.78, 5) is 14.7. The van der Waals surface area contributed by atoms with Crippen molar-refractivity contribution >= 4 is 26.1 Å². The fraction of sp³-hybridized carbons (Fsp3) is 0.743. The van der Waals surface area contributed by atoms with Gasteiger partial charge in [0, 0.05) is 6.61 Å². The van der Waals surface area contributed by atoms with Gasteiger partial charge in [-0.3, -0.25) is 14.5 Å². The summed E-state index contributed by atoms with van der Waals surface area (Å²) in [6, 6.07) is 8.74. The number of fused-ring (bicyclic) bond motifs is 1. The molecule has 0 radical (unpaired) electrons. The summed E-state index contributed by atoms with van der Waals surface area (Å²) in [5.41, 5.74) is 6.02. The molecule has 0 amide bonds. The van der Waals surface area contributed by atoms with Crippen LogP contribution in [0.4, 0.5) is 0 Å². The van der Waals surface area contributed by atoms with Gasteiger partial charge in [-0.15, -0.1) is 0 Å². The number of nitrogens with zero attached hydrogens (tertiary/aromatic N) is 4. The van der Waals surface area contributed by atoms with E-state index in [0.717, 1.165) is 12.3 Å². The van der Waals surface area contributed by atoms with E-state index in [-0.39, 0.29) is 25.1 Å². The lowest BCUT2D eigenvalue weighted by molar-refractivity contribution is 0.0652. The average Bonchev–Trinajstić information content (AvgIpc) is 3.47. The van der Waals surface area contributed by atoms with Crippen LogP contribution in [0.5, 0.6) is 5.75 Å². The van der Waals surface area contributed by atoms with Crippen molar-refractivity contribution in [2.75, 3.05) is 32.7 Å². The maximum absolute atomic E-state index is 13.7. The number of hydrogen-bond donors (Lipinski definition) is 1. The Morgan fingerprint density at radius 1 is 0.826 bits per heavy atom. The van der Waals surface area contributed by atoms with Gasteiger partial charge >= 0.3 is 7.60 Å². The number of para-hydroxylation sites is 1. The van der Waals surface area contributed by atoms with Gasteiger partial charge in [-0.25, -0.2) is 9.56 Å². The summed E-state index contributed by atoms with van der Waals surface area (Å²) < 4.78 is 37.0. The molecule has 2 heterocycles. The predicted octanol–water partition coefficient (Wildman–Crippen LogP) is 8.35. The van der Waals surface area contributed by atoms with E-state index in [1.54, 1.807) is 18.5 Å². The van der Waals surface area contributed by atoms with Crippen molar-refractivity contribution in [3.63, 3.8) is 0 Å². The molecule has 0 aliphatic carbocycles. The van der Waals surface area contributed by atoms with Crippen LogP contribution in [0.1, 0.15) is 117 Å². The van der Waals surface area contributed by atoms with E-state index in [1.165, 1.54) is 103 Å². The summed E-state index contributed by atoms with van der Waals surface area (Å²) in [7, 11) is -3.60. The Hall–Kier alpha value is -2.10. The van der Waals surface area contributed by atoms with Crippen LogP contribution in [0.25, 0.3) is 0 Å². The number of benzene rings is 1. The molecular formula is C35H60N5O5P. The molecule has 3 rings (SSSR count). The maximum Gasteiger partial charge on any atom is 0.404 e. The topological polar surface area (TPSA) is 120 Å². The number of amidine groups is 1. The lowest BCUT2D eigenvalue weighted by Crippen LogP contribution is -2.45. The largest absolute Gasteiger partial charge is 0.423 e. The molecule has 1 aromatic carbocycles. The van der Waals surface area contributed by atoms with Crippen LogP contribution in [-0.4, -0.2) is 74.4 Å². The second-order valence-corrected chi connectivity index (χ2v) is 14.4. The molecule has 10 nitrogen and oxygen atoms in total. The van der Waals surface area contributed by atoms with Gasteiger partial charge < -0.3 is 24.6 Å². The van der Waals surface area contributed by atoms with Crippen LogP contribution >= 0.6 is 7.60 Å². The Kier molecular flexibility index (Phi) is 19.4. The van der Waals surface area contributed by atoms with Crippen LogP contribution in [0.2, 0.25) is 0 Å². The van der Waals surface area contributed by atoms with Crippen LogP contribution in [0.3, 0.4) is 0 Å². The van der Waals surface area contributed by atoms with Crippen molar-refractivity contribution in [3.05, 3.63) is 30.3 Å². The van der Waals surface area contributed by atoms with Crippen LogP contribution in [-0.2, 0) is 18.6 Å². The van der Waals surface area contributed by atoms with Gasteiger partial charge in [0.05, 0.1) is 32.2 Å². The average molecular weight is 662 g/mol. The first-order valence-electron chi connectivity index (χ1n) is 17.8. The first kappa shape index (κ1) is 38.3. The quantitative estimate of drug-likeness (QED) is 0.0708. The Bertz CT molecular complexity index is 1070. The van der Waals surface area contributed by atoms with Gasteiger partial charge in [0.15, 0.2) is 6.35 Å². The number of aliphatic imine (C=N–C) groups is 3. The Morgan fingerprint density at radius 2 is 1.43 bits per heavy atom. The highest BCUT2D eigenvalue weighted by Gasteiger charge is 2.34. The van der Waals surface area contributed by atoms with E-state index in [0.29, 0.717) is 25.5 Å². The molecule has 0 fully saturated rings. The zero-order valence-electron chi connectivity index (χ0n) is 28.5. The highest BCUT2D eigenvalue weighted by Crippen LogP contribution is 2.48. The first-order chi connectivity index (χ1) is 22.5. The van der Waals surface area contributed by atoms with Crippen molar-refractivity contribution in [2.24, 2.45) is 20.7 Å². The lowest BCUT2D eigenvalue weighted by Gasteiger charge is -2.26. The van der Waals surface area contributed by atoms with Gasteiger partial charge in [0.2, 0.25) is 0 Å². The smallest absolute Gasteiger partial charge is 0.404 e. The molecule has 260 valence electrons. The molecule has 0 saturated heterocycles. The van der Waals surface area contributed by atoms with Gasteiger partial charge in [0.1, 0.15) is 30.1 Å². The van der Waals surface area contributed by atoms with Crippen LogP contribution < -0.4 is 10.3 Å². The standard InChI is InChI=1S/C35H60N5O5P/c1-3-4-5-6-7-8-9-10-11-12-13-14-15-16-17-21-24-42-25-26-44-46(41,45-32-22-19-18-20-23-32)30-43-31(2)27-40-29-39-33-34(36)37-28-38-35(33)40/h18-20,22-23,28-29,31,33-34H,3-17,21,24-27,30,36H2,1-2H3. The number of rotatable bonds is 28. The highest BCUT2D eigenvalue weighted by atomic mass is 31.2. The van der Waals surface area contributed by atoms with E-state index in [1.807, 2.05) is 30.0 Å². The maximum atomic E-state index is 13.7. The molecule has 1 aromatic rings. The molecule has 0 bridgehead atoms. The van der Waals surface area contributed by atoms with Gasteiger partial charge in [-0.2, -0.15) is 0 Å². The Labute approximate surface area is 278 Å². The molecule has 2 aliphatic rings. The van der Waals surface area contributed by atoms with Crippen molar-refractivity contribution in [1.82, 2.24) is 4.90 Å². The third-order valence-electron chi connectivity index (χ3n) is 8.29. The molecule has 4 atom stereocenters. The third kappa shape index (κ3) is 15.7. The molecule has 11 heteroatoms. The molecular weight excluding hydrogens is 601 g/mol. The summed E-state index contributed by atoms with van der Waals surface area (Å²) in [6.07, 6.45) is 23.7. The van der Waals surface area contributed by atoms with E-state index >= 15 is 0 Å². The van der Waals surface area contributed by atoms with E-state index in [2.05, 4.69) is 21.9 Å². The minimum atomic E-state index is -3.60. The molecule has 2 aliphatic heterocycles. The third-order valence-corrected chi connectivity index (χ3v) is 9.82. The van der Waals surface area contributed by atoms with E-state index in [9.17, 15) is 4.57 Å². The second kappa shape index (κ2) is 23.3. The van der Waals surface area contributed by atoms with Crippen molar-refractivity contribution in [3.8, 4) is 5.75 Å². The van der Waals surface area contributed by atoms with Crippen LogP contribution in [0.15, 0.2) is 45.3 Å². The fourth-order valence-electron chi connectivity index (χ4n) is 5.60. The summed E-state index contributed by atoms with van der Waals surface area (Å²) in [6.45, 7) is 5.83. The number of ether oxygens (including phenoxy) is 2. The Morgan fingerprint density at radius 3 is 2.07 bits per heavy atom. The number of nitrogens with two attached hydrogens (primary N) is 1. The van der Waals surface area contributed by atoms with Gasteiger partial charge in [0.25, 0.3) is 0 Å². The predicted molar refractivity (Wildman–Crippen MR) is 189 cm³/mol. The minimum Gasteiger partial charge on any atom is -0.423 e. The first-order valence-corrected chi connectivity index (χ1v) is 19.6. The fourth-order valence-corrected chi connectivity index (χ4v) is 7.01. The summed E-state index contributed by atoms with van der Waals surface area (Å²) in [5, 5.41) is 0. The van der Waals surface area contributed by atoms with Crippen molar-refractivity contribution in [1.29, 1.82) is 0 Å². The number of hydrogen-bond acceptors (Lipinski definition) is 10. The zero-order chi connectivity index (χ0) is 32.7. The van der Waals surface area contributed by atoms with Gasteiger partial charge in [-0.05, 0) is 25.5 Å². The molecule has 4 unspecified atom stereocenters. The normalized spacial score (nSPS) is 19.2. The van der Waals surface area contributed by atoms with E-state index in [4.69, 9.17) is 24.3 Å². The van der Waals surface area contributed by atoms with Crippen molar-refractivity contribution < 1.29 is 23.1 Å². The van der Waals surface area contributed by atoms with Crippen molar-refractivity contribution in [2.45, 2.75) is 135 Å². The molecule has 0 aromatic heterocycles. The van der Waals surface area contributed by atoms with Crippen LogP contribution in [0, 0.1) is 0 Å². The monoisotopic (exact) mass is 661 g/mol. The highest BCUT2D eigenvalue weighted by molar-refractivity contribution is 7.54. The summed E-state index contributed by atoms with van der Waals surface area (Å²) >= 11 is 0. The molecule has 0 spiro atoms. The molecule has 0 saturated carbocycles. The minimum absolute atomic E-state index is 0.162. The Balaban J connectivity index is 1.22. The van der Waals surface area contributed by atoms with E-state index < -0.39 is 13.8 Å². The number of unbranched alkanes of at least 4 members (excludes halogenated alkanes) is 15. The summed E-state index contributed by atoms with van der Waals surface area (Å²) in [5.74, 6) is 1.20. The molecule has 46 heavy (non-hydrogen) atoms. The molecule has 2 N–H and O–H groups in total. The SMILES string of the molecule is CCCCCCCCCCCCCCCCCCOCCOP(=O)(COC(C)CN1C=NC2C1=NC=NC2N)Oc1ccccc1. The van der Waals surface area contributed by atoms with Gasteiger partial charge in [-0.1, -0.05) is 121 Å². The lowest BCUT2D eigenvalue weighted by atomic mass is 10.0. The zero-order valence-corrected chi connectivity index (χ0v) is 29.4. The second-order valence-electron chi connectivity index (χ2n) is 12.5.